The van der Waals surface area contributed by atoms with E-state index in [-0.39, 0.29) is 13.1 Å². The van der Waals surface area contributed by atoms with Gasteiger partial charge in [-0.15, -0.1) is 0 Å². The Balaban J connectivity index is 4.82. The van der Waals surface area contributed by atoms with E-state index in [4.69, 9.17) is 0 Å². The highest BCUT2D eigenvalue weighted by Gasteiger charge is 2.43. The number of hydrogen-bond acceptors (Lipinski definition) is 6. The van der Waals surface area contributed by atoms with Crippen molar-refractivity contribution in [3.05, 3.63) is 10.1 Å². The van der Waals surface area contributed by atoms with Crippen LogP contribution in [0.15, 0.2) is 0 Å². The zero-order chi connectivity index (χ0) is 12.8. The molecule has 2 atom stereocenters. The molecule has 0 bridgehead atoms. The Bertz CT molecular complexity index is 279. The summed E-state index contributed by atoms with van der Waals surface area (Å²) in [4.78, 5) is 31.5. The van der Waals surface area contributed by atoms with Gasteiger partial charge in [0.25, 0.3) is 6.47 Å². The van der Waals surface area contributed by atoms with Gasteiger partial charge in [-0.25, -0.2) is 0 Å². The third-order valence-corrected chi connectivity index (χ3v) is 2.61. The maximum atomic E-state index is 11.5. The highest BCUT2D eigenvalue weighted by Crippen LogP contribution is 2.29. The van der Waals surface area contributed by atoms with Crippen LogP contribution in [0, 0.1) is 21.4 Å². The molecule has 0 fully saturated rings. The van der Waals surface area contributed by atoms with E-state index >= 15 is 0 Å². The molecule has 0 heterocycles. The van der Waals surface area contributed by atoms with E-state index in [9.17, 15) is 19.7 Å². The number of hydrogen-bond donors (Lipinski definition) is 0. The van der Waals surface area contributed by atoms with Gasteiger partial charge in [-0.3, -0.25) is 19.7 Å². The molecule has 0 aromatic rings. The summed E-state index contributed by atoms with van der Waals surface area (Å²) in [6, 6.07) is 0. The number of methoxy groups -OCH3 is 1. The van der Waals surface area contributed by atoms with Gasteiger partial charge in [0, 0.05) is 10.8 Å². The normalized spacial score (nSPS) is 15.7. The van der Waals surface area contributed by atoms with Crippen LogP contribution in [0.3, 0.4) is 0 Å². The van der Waals surface area contributed by atoms with Crippen molar-refractivity contribution in [1.82, 2.24) is 0 Å². The van der Waals surface area contributed by atoms with E-state index in [1.165, 1.54) is 21.0 Å². The molecular weight excluding hydrogens is 214 g/mol. The third kappa shape index (κ3) is 3.48. The summed E-state index contributed by atoms with van der Waals surface area (Å²) in [6.45, 7) is 2.57. The molecule has 7 nitrogen and oxygen atoms in total. The van der Waals surface area contributed by atoms with Crippen molar-refractivity contribution in [3.8, 4) is 0 Å². The second-order valence-electron chi connectivity index (χ2n) is 3.73. The van der Waals surface area contributed by atoms with Gasteiger partial charge in [-0.1, -0.05) is 6.92 Å². The van der Waals surface area contributed by atoms with Crippen molar-refractivity contribution >= 4 is 12.4 Å². The second kappa shape index (κ2) is 6.04. The van der Waals surface area contributed by atoms with Crippen LogP contribution in [0.5, 0.6) is 0 Å². The minimum absolute atomic E-state index is 0.195. The lowest BCUT2D eigenvalue weighted by Crippen LogP contribution is -2.42. The zero-order valence-corrected chi connectivity index (χ0v) is 9.47. The fourth-order valence-electron chi connectivity index (χ4n) is 1.27. The third-order valence-electron chi connectivity index (χ3n) is 2.61. The summed E-state index contributed by atoms with van der Waals surface area (Å²) in [7, 11) is 1.18. The largest absolute Gasteiger partial charge is 0.468 e. The minimum Gasteiger partial charge on any atom is -0.468 e. The average molecular weight is 229 g/mol. The lowest BCUT2D eigenvalue weighted by atomic mass is 9.78. The molecule has 0 spiro atoms. The molecule has 0 amide bonds. The summed E-state index contributed by atoms with van der Waals surface area (Å²) in [5, 5.41) is 10.4. The molecule has 7 heteroatoms. The molecule has 0 aromatic carbocycles. The molecule has 0 aromatic heterocycles. The molecule has 0 saturated carbocycles. The van der Waals surface area contributed by atoms with Gasteiger partial charge >= 0.3 is 5.97 Å². The lowest BCUT2D eigenvalue weighted by molar-refractivity contribution is -0.490. The standard InChI is InChI=1S/C9H15NO6/c1-7(4-10(13)14)9(2,5-16-6-11)8(12)15-3/h6-7H,4-5H2,1-3H3/i11-2,16-2. The topological polar surface area (TPSA) is 95.7 Å². The first-order valence-electron chi connectivity index (χ1n) is 4.64. The van der Waals surface area contributed by atoms with E-state index in [1.54, 1.807) is 0 Å². The fraction of sp³-hybridized carbons (Fsp3) is 0.778. The highest BCUT2D eigenvalue weighted by atomic mass is 16.6. The number of nitrogens with zero attached hydrogens (tertiary/aromatic N) is 1. The SMILES string of the molecule is COC(=O)C(C)(C[14O]C=[14O])C(C)C[N+](=O)[O-]. The predicted molar refractivity (Wildman–Crippen MR) is 53.2 cm³/mol. The molecule has 2 unspecified atom stereocenters. The van der Waals surface area contributed by atoms with Crippen LogP contribution in [0.1, 0.15) is 13.8 Å². The maximum absolute atomic E-state index is 11.5. The molecule has 0 aliphatic rings. The van der Waals surface area contributed by atoms with Crippen LogP contribution in [0.4, 0.5) is 0 Å². The minimum atomic E-state index is -1.21. The smallest absolute Gasteiger partial charge is 0.315 e. The first kappa shape index (κ1) is 14.3. The van der Waals surface area contributed by atoms with Gasteiger partial charge < -0.3 is 9.47 Å². The molecular formula is C9H15NO6. The Morgan fingerprint density at radius 1 is 1.75 bits per heavy atom. The molecule has 16 heavy (non-hydrogen) atoms. The Morgan fingerprint density at radius 2 is 2.31 bits per heavy atom. The molecule has 0 rings (SSSR count). The Kier molecular flexibility index (Phi) is 5.41. The van der Waals surface area contributed by atoms with Crippen molar-refractivity contribution in [1.29, 1.82) is 0 Å². The number of ether oxygens (including phenoxy) is 2. The predicted octanol–water partition coefficient (Wildman–Crippen LogP) is 0.251. The number of carbonyl (C=O) groups is 2. The van der Waals surface area contributed by atoms with Crippen LogP contribution >= 0.6 is 0 Å². The zero-order valence-electron chi connectivity index (χ0n) is 9.47. The Hall–Kier alpha value is -1.66. The molecule has 92 valence electrons. The molecule has 0 aliphatic heterocycles. The van der Waals surface area contributed by atoms with E-state index in [2.05, 4.69) is 9.47 Å². The summed E-state index contributed by atoms with van der Waals surface area (Å²) in [5.74, 6) is -1.24. The number of nitro groups is 1. The lowest BCUT2D eigenvalue weighted by Gasteiger charge is -2.29. The van der Waals surface area contributed by atoms with Gasteiger partial charge in [-0.05, 0) is 6.92 Å². The number of rotatable bonds is 7. The Labute approximate surface area is 92.9 Å². The van der Waals surface area contributed by atoms with E-state index in [1.807, 2.05) is 0 Å². The van der Waals surface area contributed by atoms with Crippen LogP contribution in [-0.4, -0.2) is 37.6 Å². The van der Waals surface area contributed by atoms with Crippen LogP contribution in [0.2, 0.25) is 0 Å². The first-order valence-corrected chi connectivity index (χ1v) is 4.64. The van der Waals surface area contributed by atoms with Crippen molar-refractivity contribution in [2.45, 2.75) is 13.8 Å². The summed E-state index contributed by atoms with van der Waals surface area (Å²) >= 11 is 0. The molecule has 0 saturated heterocycles. The molecule has 0 radical (unpaired) electrons. The van der Waals surface area contributed by atoms with Crippen molar-refractivity contribution < 1.29 is 24.0 Å². The summed E-state index contributed by atoms with van der Waals surface area (Å²) in [5.41, 5.74) is -1.21. The number of esters is 1. The van der Waals surface area contributed by atoms with Gasteiger partial charge in [0.1, 0.15) is 12.0 Å². The Morgan fingerprint density at radius 3 is 2.69 bits per heavy atom. The molecule has 0 aliphatic carbocycles. The average Bonchev–Trinajstić information content (AvgIpc) is 2.23. The summed E-state index contributed by atoms with van der Waals surface area (Å²) in [6.07, 6.45) is 0. The maximum Gasteiger partial charge on any atom is 0.315 e. The van der Waals surface area contributed by atoms with Crippen molar-refractivity contribution in [2.24, 2.45) is 11.3 Å². The fourth-order valence-corrected chi connectivity index (χ4v) is 1.27. The van der Waals surface area contributed by atoms with Crippen LogP contribution in [0.25, 0.3) is 0 Å². The second-order valence-corrected chi connectivity index (χ2v) is 3.73. The summed E-state index contributed by atoms with van der Waals surface area (Å²) < 4.78 is 9.08. The van der Waals surface area contributed by atoms with Crippen molar-refractivity contribution in [3.63, 3.8) is 0 Å². The van der Waals surface area contributed by atoms with Crippen LogP contribution in [-0.2, 0) is 19.1 Å². The highest BCUT2D eigenvalue weighted by molar-refractivity contribution is 5.77. The van der Waals surface area contributed by atoms with Gasteiger partial charge in [0.05, 0.1) is 7.11 Å². The van der Waals surface area contributed by atoms with E-state index < -0.39 is 28.8 Å². The van der Waals surface area contributed by atoms with E-state index in [0.29, 0.717) is 0 Å². The van der Waals surface area contributed by atoms with Crippen molar-refractivity contribution in [2.75, 3.05) is 20.3 Å². The quantitative estimate of drug-likeness (QED) is 0.269. The number of carbonyl (C=O) groups excluding carboxylic acids is 2. The van der Waals surface area contributed by atoms with Crippen LogP contribution < -0.4 is 0 Å². The monoisotopic (exact) mass is 229 g/mol. The van der Waals surface area contributed by atoms with E-state index in [0.717, 1.165) is 0 Å². The first-order chi connectivity index (χ1) is 7.38. The molecule has 0 N–H and O–H groups in total. The van der Waals surface area contributed by atoms with Gasteiger partial charge in [0.15, 0.2) is 0 Å². The van der Waals surface area contributed by atoms with Gasteiger partial charge in [0.2, 0.25) is 6.54 Å². The van der Waals surface area contributed by atoms with Gasteiger partial charge in [-0.2, -0.15) is 0 Å².